The number of rotatable bonds is 6. The molecule has 1 saturated heterocycles. The van der Waals surface area contributed by atoms with Gasteiger partial charge in [0, 0.05) is 30.1 Å². The van der Waals surface area contributed by atoms with Crippen LogP contribution in [0.15, 0.2) is 53.4 Å². The van der Waals surface area contributed by atoms with Crippen molar-refractivity contribution < 1.29 is 9.59 Å². The van der Waals surface area contributed by atoms with Gasteiger partial charge in [-0.15, -0.1) is 11.8 Å². The van der Waals surface area contributed by atoms with Gasteiger partial charge in [-0.05, 0) is 48.9 Å². The minimum absolute atomic E-state index is 0.0160. The van der Waals surface area contributed by atoms with E-state index in [9.17, 15) is 9.59 Å². The van der Waals surface area contributed by atoms with Crippen molar-refractivity contribution in [3.63, 3.8) is 0 Å². The molecule has 2 amide bonds. The molecule has 1 unspecified atom stereocenters. The summed E-state index contributed by atoms with van der Waals surface area (Å²) >= 11 is 1.64. The van der Waals surface area contributed by atoms with Crippen molar-refractivity contribution >= 4 is 29.3 Å². The van der Waals surface area contributed by atoms with Crippen LogP contribution < -0.4 is 10.2 Å². The van der Waals surface area contributed by atoms with E-state index in [0.717, 1.165) is 17.0 Å². The highest BCUT2D eigenvalue weighted by Gasteiger charge is 2.35. The number of hydrogen-bond donors (Lipinski definition) is 1. The molecule has 1 N–H and O–H groups in total. The monoisotopic (exact) mass is 368 g/mol. The number of anilines is 1. The second-order valence-corrected chi connectivity index (χ2v) is 7.45. The third kappa shape index (κ3) is 4.28. The fourth-order valence-corrected chi connectivity index (χ4v) is 3.72. The second-order valence-electron chi connectivity index (χ2n) is 6.57. The lowest BCUT2D eigenvalue weighted by molar-refractivity contribution is -0.126. The molecule has 2 aromatic rings. The third-order valence-corrected chi connectivity index (χ3v) is 5.54. The normalized spacial score (nSPS) is 16.8. The predicted octanol–water partition coefficient (Wildman–Crippen LogP) is 3.43. The first kappa shape index (κ1) is 18.5. The topological polar surface area (TPSA) is 49.4 Å². The third-order valence-electron chi connectivity index (χ3n) is 4.82. The average Bonchev–Trinajstić information content (AvgIpc) is 3.05. The summed E-state index contributed by atoms with van der Waals surface area (Å²) in [5, 5.41) is 2.99. The summed E-state index contributed by atoms with van der Waals surface area (Å²) in [6, 6.07) is 16.1. The Morgan fingerprint density at radius 3 is 2.81 bits per heavy atom. The van der Waals surface area contributed by atoms with Crippen LogP contribution in [0.4, 0.5) is 5.69 Å². The lowest BCUT2D eigenvalue weighted by Crippen LogP contribution is -2.34. The largest absolute Gasteiger partial charge is 0.355 e. The van der Waals surface area contributed by atoms with Crippen LogP contribution in [0, 0.1) is 12.8 Å². The second kappa shape index (κ2) is 8.41. The number of aryl methyl sites for hydroxylation is 1. The summed E-state index contributed by atoms with van der Waals surface area (Å²) < 4.78 is 0. The maximum Gasteiger partial charge on any atom is 0.227 e. The highest BCUT2D eigenvalue weighted by Crippen LogP contribution is 2.28. The number of amides is 2. The zero-order valence-corrected chi connectivity index (χ0v) is 16.0. The van der Waals surface area contributed by atoms with Gasteiger partial charge in [-0.25, -0.2) is 0 Å². The lowest BCUT2D eigenvalue weighted by Gasteiger charge is -2.17. The molecule has 1 atom stereocenters. The van der Waals surface area contributed by atoms with Gasteiger partial charge in [-0.3, -0.25) is 9.59 Å². The molecule has 1 aliphatic rings. The van der Waals surface area contributed by atoms with Gasteiger partial charge in [0.25, 0.3) is 0 Å². The Bertz CT molecular complexity index is 806. The summed E-state index contributed by atoms with van der Waals surface area (Å²) in [5.41, 5.74) is 3.35. The van der Waals surface area contributed by atoms with Crippen molar-refractivity contribution in [1.29, 1.82) is 0 Å². The average molecular weight is 369 g/mol. The zero-order valence-electron chi connectivity index (χ0n) is 15.2. The van der Waals surface area contributed by atoms with Crippen LogP contribution in [-0.2, 0) is 16.0 Å². The Morgan fingerprint density at radius 2 is 2.04 bits per heavy atom. The smallest absolute Gasteiger partial charge is 0.227 e. The first-order valence-corrected chi connectivity index (χ1v) is 10.1. The Labute approximate surface area is 159 Å². The SMILES string of the molecule is CSc1cccc(N2CC(C(=O)NCCc3ccccc3C)CC2=O)c1. The molecule has 1 fully saturated rings. The van der Waals surface area contributed by atoms with E-state index in [4.69, 9.17) is 0 Å². The fourth-order valence-electron chi connectivity index (χ4n) is 3.27. The fraction of sp³-hybridized carbons (Fsp3) is 0.333. The molecule has 2 aromatic carbocycles. The number of nitrogens with zero attached hydrogens (tertiary/aromatic N) is 1. The van der Waals surface area contributed by atoms with Gasteiger partial charge in [0.2, 0.25) is 11.8 Å². The quantitative estimate of drug-likeness (QED) is 0.795. The molecule has 0 radical (unpaired) electrons. The van der Waals surface area contributed by atoms with Gasteiger partial charge in [-0.2, -0.15) is 0 Å². The van der Waals surface area contributed by atoms with E-state index in [1.54, 1.807) is 16.7 Å². The van der Waals surface area contributed by atoms with Gasteiger partial charge in [0.05, 0.1) is 5.92 Å². The van der Waals surface area contributed by atoms with E-state index >= 15 is 0 Å². The van der Waals surface area contributed by atoms with E-state index in [1.165, 1.54) is 11.1 Å². The van der Waals surface area contributed by atoms with Crippen molar-refractivity contribution in [2.45, 2.75) is 24.7 Å². The van der Waals surface area contributed by atoms with Crippen molar-refractivity contribution in [2.24, 2.45) is 5.92 Å². The number of hydrogen-bond acceptors (Lipinski definition) is 3. The molecule has 1 heterocycles. The highest BCUT2D eigenvalue weighted by molar-refractivity contribution is 7.98. The minimum Gasteiger partial charge on any atom is -0.355 e. The molecule has 5 heteroatoms. The summed E-state index contributed by atoms with van der Waals surface area (Å²) in [4.78, 5) is 27.7. The molecule has 0 aliphatic carbocycles. The van der Waals surface area contributed by atoms with Crippen LogP contribution >= 0.6 is 11.8 Å². The maximum absolute atomic E-state index is 12.5. The van der Waals surface area contributed by atoms with Gasteiger partial charge in [-0.1, -0.05) is 30.3 Å². The van der Waals surface area contributed by atoms with Crippen molar-refractivity contribution in [3.05, 3.63) is 59.7 Å². The molecule has 0 saturated carbocycles. The van der Waals surface area contributed by atoms with Crippen LogP contribution in [0.2, 0.25) is 0 Å². The zero-order chi connectivity index (χ0) is 18.5. The van der Waals surface area contributed by atoms with Crippen LogP contribution in [0.3, 0.4) is 0 Å². The Kier molecular flexibility index (Phi) is 5.99. The van der Waals surface area contributed by atoms with Gasteiger partial charge in [0.15, 0.2) is 0 Å². The standard InChI is InChI=1S/C21H24N2O2S/c1-15-6-3-4-7-16(15)10-11-22-21(25)17-12-20(24)23(14-17)18-8-5-9-19(13-18)26-2/h3-9,13,17H,10-12,14H2,1-2H3,(H,22,25). The predicted molar refractivity (Wildman–Crippen MR) is 107 cm³/mol. The van der Waals surface area contributed by atoms with Gasteiger partial charge >= 0.3 is 0 Å². The lowest BCUT2D eigenvalue weighted by atomic mass is 10.1. The van der Waals surface area contributed by atoms with Crippen LogP contribution in [0.1, 0.15) is 17.5 Å². The summed E-state index contributed by atoms with van der Waals surface area (Å²) in [5.74, 6) is -0.296. The summed E-state index contributed by atoms with van der Waals surface area (Å²) in [6.07, 6.45) is 3.09. The molecule has 0 bridgehead atoms. The van der Waals surface area contributed by atoms with Crippen molar-refractivity contribution in [1.82, 2.24) is 5.32 Å². The number of thioether (sulfide) groups is 1. The van der Waals surface area contributed by atoms with E-state index in [1.807, 2.05) is 42.7 Å². The Morgan fingerprint density at radius 1 is 1.23 bits per heavy atom. The Balaban J connectivity index is 1.56. The van der Waals surface area contributed by atoms with Crippen LogP contribution in [0.25, 0.3) is 0 Å². The van der Waals surface area contributed by atoms with E-state index in [2.05, 4.69) is 24.4 Å². The first-order chi connectivity index (χ1) is 12.6. The molecule has 0 aromatic heterocycles. The molecule has 1 aliphatic heterocycles. The molecule has 4 nitrogen and oxygen atoms in total. The molecule has 136 valence electrons. The molecule has 26 heavy (non-hydrogen) atoms. The summed E-state index contributed by atoms with van der Waals surface area (Å²) in [6.45, 7) is 3.12. The van der Waals surface area contributed by atoms with Crippen LogP contribution in [0.5, 0.6) is 0 Å². The maximum atomic E-state index is 12.5. The number of carbonyl (C=O) groups excluding carboxylic acids is 2. The van der Waals surface area contributed by atoms with E-state index in [-0.39, 0.29) is 24.2 Å². The Hall–Kier alpha value is -2.27. The van der Waals surface area contributed by atoms with E-state index in [0.29, 0.717) is 13.1 Å². The molecular weight excluding hydrogens is 344 g/mol. The molecule has 3 rings (SSSR count). The van der Waals surface area contributed by atoms with Gasteiger partial charge < -0.3 is 10.2 Å². The van der Waals surface area contributed by atoms with Crippen molar-refractivity contribution in [2.75, 3.05) is 24.2 Å². The number of carbonyl (C=O) groups is 2. The van der Waals surface area contributed by atoms with Crippen LogP contribution in [-0.4, -0.2) is 31.2 Å². The van der Waals surface area contributed by atoms with E-state index < -0.39 is 0 Å². The minimum atomic E-state index is -0.280. The van der Waals surface area contributed by atoms with Gasteiger partial charge in [0.1, 0.15) is 0 Å². The number of benzene rings is 2. The summed E-state index contributed by atoms with van der Waals surface area (Å²) in [7, 11) is 0. The molecular formula is C21H24N2O2S. The number of nitrogens with one attached hydrogen (secondary N) is 1. The molecule has 0 spiro atoms. The highest BCUT2D eigenvalue weighted by atomic mass is 32.2. The van der Waals surface area contributed by atoms with Crippen molar-refractivity contribution in [3.8, 4) is 0 Å². The first-order valence-electron chi connectivity index (χ1n) is 8.85.